The highest BCUT2D eigenvalue weighted by atomic mass is 16.2. The Morgan fingerprint density at radius 2 is 2.00 bits per heavy atom. The smallest absolute Gasteiger partial charge is 0.241 e. The molecule has 1 aromatic rings. The van der Waals surface area contributed by atoms with E-state index in [0.717, 1.165) is 24.5 Å². The molecule has 0 spiro atoms. The number of rotatable bonds is 5. The summed E-state index contributed by atoms with van der Waals surface area (Å²) < 4.78 is 1.67. The summed E-state index contributed by atoms with van der Waals surface area (Å²) in [5.41, 5.74) is 8.18. The number of carbonyl (C=O) groups is 1. The van der Waals surface area contributed by atoms with Gasteiger partial charge in [-0.1, -0.05) is 6.42 Å². The second kappa shape index (κ2) is 6.93. The van der Waals surface area contributed by atoms with Crippen LogP contribution in [0.5, 0.6) is 0 Å². The van der Waals surface area contributed by atoms with Crippen molar-refractivity contribution in [2.45, 2.75) is 52.6 Å². The number of likely N-dealkylation sites (tertiary alicyclic amines) is 1. The number of nitrogen functional groups attached to an aromatic ring is 1. The Morgan fingerprint density at radius 3 is 2.57 bits per heavy atom. The van der Waals surface area contributed by atoms with E-state index in [-0.39, 0.29) is 12.5 Å². The zero-order chi connectivity index (χ0) is 15.4. The highest BCUT2D eigenvalue weighted by Gasteiger charge is 2.17. The molecular formula is C15H27N5O. The summed E-state index contributed by atoms with van der Waals surface area (Å²) in [5, 5.41) is 7.29. The van der Waals surface area contributed by atoms with Crippen LogP contribution in [0.2, 0.25) is 0 Å². The van der Waals surface area contributed by atoms with Crippen molar-refractivity contribution in [2.75, 3.05) is 25.4 Å². The van der Waals surface area contributed by atoms with Gasteiger partial charge < -0.3 is 11.1 Å². The van der Waals surface area contributed by atoms with E-state index in [0.29, 0.717) is 18.3 Å². The van der Waals surface area contributed by atoms with E-state index in [4.69, 9.17) is 5.73 Å². The Kier molecular flexibility index (Phi) is 5.22. The first kappa shape index (κ1) is 15.8. The first-order valence-electron chi connectivity index (χ1n) is 7.79. The van der Waals surface area contributed by atoms with Crippen LogP contribution in [-0.4, -0.2) is 46.3 Å². The molecule has 118 valence electrons. The summed E-state index contributed by atoms with van der Waals surface area (Å²) in [4.78, 5) is 14.5. The zero-order valence-electron chi connectivity index (χ0n) is 13.4. The van der Waals surface area contributed by atoms with Crippen LogP contribution in [0.25, 0.3) is 0 Å². The molecule has 1 aromatic heterocycles. The SMILES string of the molecule is Cc1nn(CC(=O)NCC(C)N2CCCCC2)c(C)c1N. The van der Waals surface area contributed by atoms with Crippen LogP contribution in [-0.2, 0) is 11.3 Å². The molecule has 0 bridgehead atoms. The maximum atomic E-state index is 12.0. The van der Waals surface area contributed by atoms with E-state index in [1.807, 2.05) is 13.8 Å². The van der Waals surface area contributed by atoms with Crippen LogP contribution in [0, 0.1) is 13.8 Å². The summed E-state index contributed by atoms with van der Waals surface area (Å²) in [5.74, 6) is -0.00976. The maximum Gasteiger partial charge on any atom is 0.241 e. The minimum atomic E-state index is -0.00976. The Bertz CT molecular complexity index is 490. The van der Waals surface area contributed by atoms with Crippen LogP contribution < -0.4 is 11.1 Å². The molecule has 1 fully saturated rings. The van der Waals surface area contributed by atoms with Crippen molar-refractivity contribution in [3.63, 3.8) is 0 Å². The summed E-state index contributed by atoms with van der Waals surface area (Å²) in [6, 6.07) is 0.389. The van der Waals surface area contributed by atoms with E-state index in [9.17, 15) is 4.79 Å². The first-order chi connectivity index (χ1) is 9.99. The van der Waals surface area contributed by atoms with Crippen LogP contribution >= 0.6 is 0 Å². The van der Waals surface area contributed by atoms with E-state index >= 15 is 0 Å². The van der Waals surface area contributed by atoms with Gasteiger partial charge in [-0.25, -0.2) is 0 Å². The second-order valence-corrected chi connectivity index (χ2v) is 5.99. The van der Waals surface area contributed by atoms with Gasteiger partial charge in [-0.2, -0.15) is 5.10 Å². The molecule has 2 heterocycles. The number of anilines is 1. The molecule has 3 N–H and O–H groups in total. The Balaban J connectivity index is 1.80. The summed E-state index contributed by atoms with van der Waals surface area (Å²) in [6.45, 7) is 9.13. The lowest BCUT2D eigenvalue weighted by Gasteiger charge is -2.32. The van der Waals surface area contributed by atoms with Crippen molar-refractivity contribution in [1.29, 1.82) is 0 Å². The van der Waals surface area contributed by atoms with Gasteiger partial charge >= 0.3 is 0 Å². The molecule has 6 nitrogen and oxygen atoms in total. The third kappa shape index (κ3) is 3.97. The molecule has 1 amide bonds. The molecule has 0 saturated carbocycles. The molecule has 1 aliphatic rings. The first-order valence-corrected chi connectivity index (χ1v) is 7.79. The fraction of sp³-hybridized carbons (Fsp3) is 0.733. The number of hydrogen-bond donors (Lipinski definition) is 2. The zero-order valence-corrected chi connectivity index (χ0v) is 13.4. The predicted molar refractivity (Wildman–Crippen MR) is 84.0 cm³/mol. The number of aryl methyl sites for hydroxylation is 1. The van der Waals surface area contributed by atoms with Crippen molar-refractivity contribution in [2.24, 2.45) is 0 Å². The predicted octanol–water partition coefficient (Wildman–Crippen LogP) is 1.07. The molecule has 6 heteroatoms. The molecule has 1 saturated heterocycles. The van der Waals surface area contributed by atoms with Gasteiger partial charge in [0.15, 0.2) is 0 Å². The number of carbonyl (C=O) groups excluding carboxylic acids is 1. The molecule has 0 radical (unpaired) electrons. The van der Waals surface area contributed by atoms with Gasteiger partial charge in [0.25, 0.3) is 0 Å². The Labute approximate surface area is 126 Å². The lowest BCUT2D eigenvalue weighted by atomic mass is 10.1. The molecule has 1 atom stereocenters. The third-order valence-corrected chi connectivity index (χ3v) is 4.34. The van der Waals surface area contributed by atoms with Crippen LogP contribution in [0.15, 0.2) is 0 Å². The fourth-order valence-electron chi connectivity index (χ4n) is 2.81. The lowest BCUT2D eigenvalue weighted by molar-refractivity contribution is -0.122. The van der Waals surface area contributed by atoms with Crippen LogP contribution in [0.1, 0.15) is 37.6 Å². The van der Waals surface area contributed by atoms with E-state index < -0.39 is 0 Å². The molecule has 1 unspecified atom stereocenters. The van der Waals surface area contributed by atoms with Crippen molar-refractivity contribution in [1.82, 2.24) is 20.0 Å². The number of nitrogens with two attached hydrogens (primary N) is 1. The standard InChI is InChI=1S/C15H27N5O/c1-11(19-7-5-4-6-8-19)9-17-14(21)10-20-13(3)15(16)12(2)18-20/h11H,4-10,16H2,1-3H3,(H,17,21). The number of nitrogens with one attached hydrogen (secondary N) is 1. The van der Waals surface area contributed by atoms with Crippen LogP contribution in [0.3, 0.4) is 0 Å². The maximum absolute atomic E-state index is 12.0. The van der Waals surface area contributed by atoms with Gasteiger partial charge in [0.1, 0.15) is 6.54 Å². The average molecular weight is 293 g/mol. The number of piperidine rings is 1. The van der Waals surface area contributed by atoms with Gasteiger partial charge in [-0.3, -0.25) is 14.4 Å². The average Bonchev–Trinajstić information content (AvgIpc) is 2.73. The van der Waals surface area contributed by atoms with Gasteiger partial charge in [0, 0.05) is 12.6 Å². The monoisotopic (exact) mass is 293 g/mol. The summed E-state index contributed by atoms with van der Waals surface area (Å²) >= 11 is 0. The number of amides is 1. The third-order valence-electron chi connectivity index (χ3n) is 4.34. The Hall–Kier alpha value is -1.56. The van der Waals surface area contributed by atoms with Gasteiger partial charge in [0.05, 0.1) is 17.1 Å². The van der Waals surface area contributed by atoms with Crippen molar-refractivity contribution in [3.05, 3.63) is 11.4 Å². The number of hydrogen-bond acceptors (Lipinski definition) is 4. The summed E-state index contributed by atoms with van der Waals surface area (Å²) in [6.07, 6.45) is 3.86. The van der Waals surface area contributed by atoms with E-state index in [1.54, 1.807) is 4.68 Å². The van der Waals surface area contributed by atoms with Crippen molar-refractivity contribution < 1.29 is 4.79 Å². The minimum Gasteiger partial charge on any atom is -0.396 e. The molecule has 21 heavy (non-hydrogen) atoms. The lowest BCUT2D eigenvalue weighted by Crippen LogP contribution is -2.45. The highest BCUT2D eigenvalue weighted by molar-refractivity contribution is 5.76. The van der Waals surface area contributed by atoms with E-state index in [1.165, 1.54) is 19.3 Å². The highest BCUT2D eigenvalue weighted by Crippen LogP contribution is 2.14. The number of nitrogens with zero attached hydrogens (tertiary/aromatic N) is 3. The van der Waals surface area contributed by atoms with E-state index in [2.05, 4.69) is 22.2 Å². The van der Waals surface area contributed by atoms with Crippen LogP contribution in [0.4, 0.5) is 5.69 Å². The number of aromatic nitrogens is 2. The molecule has 0 aromatic carbocycles. The van der Waals surface area contributed by atoms with Gasteiger partial charge in [-0.15, -0.1) is 0 Å². The van der Waals surface area contributed by atoms with Crippen molar-refractivity contribution in [3.8, 4) is 0 Å². The largest absolute Gasteiger partial charge is 0.396 e. The second-order valence-electron chi connectivity index (χ2n) is 5.99. The van der Waals surface area contributed by atoms with Gasteiger partial charge in [-0.05, 0) is 46.7 Å². The van der Waals surface area contributed by atoms with Crippen molar-refractivity contribution >= 4 is 11.6 Å². The molecular weight excluding hydrogens is 266 g/mol. The topological polar surface area (TPSA) is 76.2 Å². The summed E-state index contributed by atoms with van der Waals surface area (Å²) in [7, 11) is 0. The quantitative estimate of drug-likeness (QED) is 0.851. The van der Waals surface area contributed by atoms with Gasteiger partial charge in [0.2, 0.25) is 5.91 Å². The minimum absolute atomic E-state index is 0.00976. The molecule has 1 aliphatic heterocycles. The normalized spacial score (nSPS) is 17.7. The Morgan fingerprint density at radius 1 is 1.33 bits per heavy atom. The molecule has 2 rings (SSSR count). The molecule has 0 aliphatic carbocycles. The fourth-order valence-corrected chi connectivity index (χ4v) is 2.81.